The lowest BCUT2D eigenvalue weighted by Crippen LogP contribution is -1.87. The van der Waals surface area contributed by atoms with Crippen LogP contribution in [0.1, 0.15) is 5.56 Å². The molecule has 2 aromatic rings. The predicted molar refractivity (Wildman–Crippen MR) is 73.1 cm³/mol. The van der Waals surface area contributed by atoms with Gasteiger partial charge >= 0.3 is 0 Å². The van der Waals surface area contributed by atoms with Gasteiger partial charge in [-0.25, -0.2) is 0 Å². The molecule has 0 aliphatic heterocycles. The summed E-state index contributed by atoms with van der Waals surface area (Å²) in [6.07, 6.45) is 0. The van der Waals surface area contributed by atoms with Gasteiger partial charge in [0, 0.05) is 0 Å². The van der Waals surface area contributed by atoms with Gasteiger partial charge in [0.25, 0.3) is 0 Å². The van der Waals surface area contributed by atoms with Crippen molar-refractivity contribution in [3.05, 3.63) is 57.0 Å². The summed E-state index contributed by atoms with van der Waals surface area (Å²) in [5.74, 6) is 1.64. The second-order valence-corrected chi connectivity index (χ2v) is 5.07. The largest absolute Gasteiger partial charge is 0.455 e. The molecule has 0 spiro atoms. The summed E-state index contributed by atoms with van der Waals surface area (Å²) in [6, 6.07) is 13.8. The lowest BCUT2D eigenvalue weighted by atomic mass is 10.2. The van der Waals surface area contributed by atoms with Crippen molar-refractivity contribution in [2.45, 2.75) is 6.92 Å². The van der Waals surface area contributed by atoms with Crippen LogP contribution < -0.4 is 4.74 Å². The highest BCUT2D eigenvalue weighted by atomic mass is 79.9. The minimum Gasteiger partial charge on any atom is -0.455 e. The number of halogens is 2. The van der Waals surface area contributed by atoms with Crippen molar-refractivity contribution in [3.8, 4) is 11.5 Å². The Kier molecular flexibility index (Phi) is 3.66. The molecule has 16 heavy (non-hydrogen) atoms. The van der Waals surface area contributed by atoms with Gasteiger partial charge < -0.3 is 4.74 Å². The van der Waals surface area contributed by atoms with Crippen LogP contribution in [-0.4, -0.2) is 0 Å². The Balaban J connectivity index is 2.35. The highest BCUT2D eigenvalue weighted by Crippen LogP contribution is 2.34. The third-order valence-electron chi connectivity index (χ3n) is 2.21. The fraction of sp³-hybridized carbons (Fsp3) is 0.0769. The number of ether oxygens (including phenoxy) is 1. The number of hydrogen-bond acceptors (Lipinski definition) is 1. The summed E-state index contributed by atoms with van der Waals surface area (Å²) in [6.45, 7) is 2.04. The summed E-state index contributed by atoms with van der Waals surface area (Å²) < 4.78 is 7.77. The normalized spacial score (nSPS) is 10.2. The second-order valence-electron chi connectivity index (χ2n) is 3.42. The molecule has 0 bridgehead atoms. The Morgan fingerprint density at radius 3 is 2.31 bits per heavy atom. The van der Waals surface area contributed by atoms with Gasteiger partial charge in [-0.15, -0.1) is 0 Å². The Morgan fingerprint density at radius 2 is 1.56 bits per heavy atom. The third-order valence-corrected chi connectivity index (χ3v) is 3.88. The zero-order chi connectivity index (χ0) is 11.5. The van der Waals surface area contributed by atoms with Crippen LogP contribution in [0.15, 0.2) is 51.4 Å². The van der Waals surface area contributed by atoms with Crippen molar-refractivity contribution >= 4 is 31.9 Å². The third kappa shape index (κ3) is 2.47. The van der Waals surface area contributed by atoms with Gasteiger partial charge in [0.2, 0.25) is 0 Å². The van der Waals surface area contributed by atoms with Crippen LogP contribution in [0, 0.1) is 6.92 Å². The van der Waals surface area contributed by atoms with Crippen molar-refractivity contribution in [2.75, 3.05) is 0 Å². The van der Waals surface area contributed by atoms with Gasteiger partial charge in [0.15, 0.2) is 0 Å². The van der Waals surface area contributed by atoms with Crippen molar-refractivity contribution in [2.24, 2.45) is 0 Å². The number of aryl methyl sites for hydroxylation is 1. The van der Waals surface area contributed by atoms with Gasteiger partial charge in [-0.3, -0.25) is 0 Å². The number of para-hydroxylation sites is 1. The van der Waals surface area contributed by atoms with Crippen LogP contribution in [0.5, 0.6) is 11.5 Å². The highest BCUT2D eigenvalue weighted by molar-refractivity contribution is 9.11. The van der Waals surface area contributed by atoms with Gasteiger partial charge in [0.1, 0.15) is 11.5 Å². The predicted octanol–water partition coefficient (Wildman–Crippen LogP) is 5.31. The van der Waals surface area contributed by atoms with E-state index >= 15 is 0 Å². The first kappa shape index (κ1) is 11.7. The first-order chi connectivity index (χ1) is 7.68. The van der Waals surface area contributed by atoms with E-state index in [9.17, 15) is 0 Å². The Bertz CT molecular complexity index is 509. The summed E-state index contributed by atoms with van der Waals surface area (Å²) in [5, 5.41) is 0. The van der Waals surface area contributed by atoms with E-state index in [1.165, 1.54) is 0 Å². The van der Waals surface area contributed by atoms with Crippen molar-refractivity contribution < 1.29 is 4.74 Å². The van der Waals surface area contributed by atoms with Gasteiger partial charge in [-0.1, -0.05) is 24.3 Å². The van der Waals surface area contributed by atoms with Crippen LogP contribution in [0.4, 0.5) is 0 Å². The van der Waals surface area contributed by atoms with E-state index in [0.29, 0.717) is 0 Å². The highest BCUT2D eigenvalue weighted by Gasteiger charge is 2.06. The lowest BCUT2D eigenvalue weighted by molar-refractivity contribution is 0.476. The average Bonchev–Trinajstić information content (AvgIpc) is 2.28. The fourth-order valence-electron chi connectivity index (χ4n) is 1.35. The maximum atomic E-state index is 5.83. The van der Waals surface area contributed by atoms with E-state index in [4.69, 9.17) is 4.74 Å². The molecule has 0 aromatic heterocycles. The molecule has 0 amide bonds. The second kappa shape index (κ2) is 5.02. The molecule has 0 fully saturated rings. The topological polar surface area (TPSA) is 9.23 Å². The average molecular weight is 342 g/mol. The SMILES string of the molecule is Cc1cccc(Oc2ccccc2Br)c1Br. The molecular formula is C13H10Br2O. The minimum atomic E-state index is 0.814. The van der Waals surface area contributed by atoms with Crippen molar-refractivity contribution in [1.29, 1.82) is 0 Å². The minimum absolute atomic E-state index is 0.814. The van der Waals surface area contributed by atoms with Crippen molar-refractivity contribution in [1.82, 2.24) is 0 Å². The van der Waals surface area contributed by atoms with Crippen LogP contribution in [0.3, 0.4) is 0 Å². The van der Waals surface area contributed by atoms with Crippen LogP contribution in [0.25, 0.3) is 0 Å². The molecule has 0 aliphatic carbocycles. The van der Waals surface area contributed by atoms with Gasteiger partial charge in [-0.2, -0.15) is 0 Å². The van der Waals surface area contributed by atoms with E-state index < -0.39 is 0 Å². The van der Waals surface area contributed by atoms with Gasteiger partial charge in [0.05, 0.1) is 8.95 Å². The zero-order valence-corrected chi connectivity index (χ0v) is 11.9. The maximum absolute atomic E-state index is 5.83. The first-order valence-electron chi connectivity index (χ1n) is 4.86. The molecule has 0 radical (unpaired) electrons. The molecule has 2 rings (SSSR count). The van der Waals surface area contributed by atoms with Crippen LogP contribution >= 0.6 is 31.9 Å². The van der Waals surface area contributed by atoms with E-state index in [1.807, 2.05) is 49.4 Å². The molecule has 0 N–H and O–H groups in total. The van der Waals surface area contributed by atoms with E-state index in [-0.39, 0.29) is 0 Å². The van der Waals surface area contributed by atoms with E-state index in [0.717, 1.165) is 26.0 Å². The molecule has 0 atom stereocenters. The molecule has 0 saturated heterocycles. The molecule has 0 unspecified atom stereocenters. The Hall–Kier alpha value is -0.800. The van der Waals surface area contributed by atoms with Gasteiger partial charge in [-0.05, 0) is 62.5 Å². The monoisotopic (exact) mass is 340 g/mol. The molecule has 0 saturated carbocycles. The number of benzene rings is 2. The summed E-state index contributed by atoms with van der Waals surface area (Å²) in [5.41, 5.74) is 1.16. The molecule has 0 aliphatic rings. The van der Waals surface area contributed by atoms with Crippen LogP contribution in [0.2, 0.25) is 0 Å². The smallest absolute Gasteiger partial charge is 0.141 e. The lowest BCUT2D eigenvalue weighted by Gasteiger charge is -2.10. The first-order valence-corrected chi connectivity index (χ1v) is 6.44. The van der Waals surface area contributed by atoms with E-state index in [1.54, 1.807) is 0 Å². The molecule has 2 aromatic carbocycles. The summed E-state index contributed by atoms with van der Waals surface area (Å²) in [7, 11) is 0. The Morgan fingerprint density at radius 1 is 0.875 bits per heavy atom. The van der Waals surface area contributed by atoms with E-state index in [2.05, 4.69) is 31.9 Å². The molecule has 3 heteroatoms. The zero-order valence-electron chi connectivity index (χ0n) is 8.71. The maximum Gasteiger partial charge on any atom is 0.141 e. The standard InChI is InChI=1S/C13H10Br2O/c1-9-5-4-8-12(13(9)15)16-11-7-3-2-6-10(11)14/h2-8H,1H3. The number of hydrogen-bond donors (Lipinski definition) is 0. The summed E-state index contributed by atoms with van der Waals surface area (Å²) >= 11 is 6.98. The molecular weight excluding hydrogens is 332 g/mol. The molecule has 82 valence electrons. The molecule has 1 nitrogen and oxygen atoms in total. The number of rotatable bonds is 2. The summed E-state index contributed by atoms with van der Waals surface area (Å²) in [4.78, 5) is 0. The fourth-order valence-corrected chi connectivity index (χ4v) is 2.06. The molecule has 0 heterocycles. The van der Waals surface area contributed by atoms with Crippen LogP contribution in [-0.2, 0) is 0 Å². The quantitative estimate of drug-likeness (QED) is 0.719. The Labute approximate surface area is 112 Å². The van der Waals surface area contributed by atoms with Crippen molar-refractivity contribution in [3.63, 3.8) is 0 Å².